The fourth-order valence-electron chi connectivity index (χ4n) is 1.38. The van der Waals surface area contributed by atoms with E-state index in [0.29, 0.717) is 6.07 Å². The highest BCUT2D eigenvalue weighted by molar-refractivity contribution is 5.46. The smallest absolute Gasteiger partial charge is 0.278 e. The number of halogens is 2. The molecule has 6 nitrogen and oxygen atoms in total. The number of rotatable bonds is 3. The second-order valence-electron chi connectivity index (χ2n) is 3.55. The van der Waals surface area contributed by atoms with Crippen LogP contribution in [-0.2, 0) is 0 Å². The first kappa shape index (κ1) is 12.7. The Morgan fingerprint density at radius 3 is 2.37 bits per heavy atom. The molecule has 1 aromatic heterocycles. The summed E-state index contributed by atoms with van der Waals surface area (Å²) in [6, 6.07) is 4.54. The third-order valence-electron chi connectivity index (χ3n) is 2.08. The molecule has 0 saturated heterocycles. The minimum Gasteiger partial charge on any atom is -0.438 e. The summed E-state index contributed by atoms with van der Waals surface area (Å²) in [5.74, 6) is -2.22. The minimum atomic E-state index is -0.839. The van der Waals surface area contributed by atoms with Gasteiger partial charge in [-0.25, -0.2) is 8.78 Å². The Morgan fingerprint density at radius 2 is 1.79 bits per heavy atom. The van der Waals surface area contributed by atoms with E-state index in [1.165, 1.54) is 0 Å². The van der Waals surface area contributed by atoms with Crippen LogP contribution in [0.25, 0.3) is 0 Å². The number of nitrogens with zero attached hydrogens (tertiary/aromatic N) is 2. The van der Waals surface area contributed by atoms with Crippen LogP contribution in [0.15, 0.2) is 30.3 Å². The molecular formula is C11H7F2N3O3. The highest BCUT2D eigenvalue weighted by Crippen LogP contribution is 2.26. The summed E-state index contributed by atoms with van der Waals surface area (Å²) in [6.45, 7) is 0. The Morgan fingerprint density at radius 1 is 1.16 bits per heavy atom. The van der Waals surface area contributed by atoms with Crippen molar-refractivity contribution in [2.45, 2.75) is 0 Å². The first-order valence-electron chi connectivity index (χ1n) is 5.00. The zero-order valence-corrected chi connectivity index (χ0v) is 9.34. The molecule has 0 aliphatic rings. The second-order valence-corrected chi connectivity index (χ2v) is 3.55. The Kier molecular flexibility index (Phi) is 3.23. The molecule has 98 valence electrons. The van der Waals surface area contributed by atoms with Crippen LogP contribution in [0, 0.1) is 21.7 Å². The monoisotopic (exact) mass is 267 g/mol. The fraction of sp³-hybridized carbons (Fsp3) is 0. The quantitative estimate of drug-likeness (QED) is 0.681. The lowest BCUT2D eigenvalue weighted by atomic mass is 10.3. The molecule has 0 atom stereocenters. The molecule has 2 rings (SSSR count). The van der Waals surface area contributed by atoms with Crippen molar-refractivity contribution in [2.75, 3.05) is 5.73 Å². The van der Waals surface area contributed by atoms with Crippen LogP contribution in [0.1, 0.15) is 0 Å². The van der Waals surface area contributed by atoms with Gasteiger partial charge in [0.2, 0.25) is 5.88 Å². The number of nitrogens with two attached hydrogens (primary N) is 1. The Balaban J connectivity index is 2.35. The molecule has 19 heavy (non-hydrogen) atoms. The first-order chi connectivity index (χ1) is 8.94. The van der Waals surface area contributed by atoms with E-state index in [9.17, 15) is 18.9 Å². The number of ether oxygens (including phenoxy) is 1. The van der Waals surface area contributed by atoms with E-state index in [4.69, 9.17) is 10.5 Å². The molecule has 0 radical (unpaired) electrons. The Hall–Kier alpha value is -2.77. The second kappa shape index (κ2) is 4.84. The molecule has 0 amide bonds. The van der Waals surface area contributed by atoms with Gasteiger partial charge in [0.15, 0.2) is 0 Å². The number of pyridine rings is 1. The van der Waals surface area contributed by atoms with Crippen molar-refractivity contribution < 1.29 is 18.4 Å². The zero-order chi connectivity index (χ0) is 14.0. The molecule has 2 N–H and O–H groups in total. The molecular weight excluding hydrogens is 260 g/mol. The highest BCUT2D eigenvalue weighted by atomic mass is 19.1. The average molecular weight is 267 g/mol. The Bertz CT molecular complexity index is 629. The summed E-state index contributed by atoms with van der Waals surface area (Å²) in [5, 5.41) is 10.6. The molecule has 0 bridgehead atoms. The van der Waals surface area contributed by atoms with Crippen LogP contribution in [0.5, 0.6) is 11.6 Å². The topological polar surface area (TPSA) is 91.3 Å². The van der Waals surface area contributed by atoms with Gasteiger partial charge in [-0.1, -0.05) is 0 Å². The zero-order valence-electron chi connectivity index (χ0n) is 9.34. The van der Waals surface area contributed by atoms with Crippen molar-refractivity contribution in [1.29, 1.82) is 0 Å². The van der Waals surface area contributed by atoms with Crippen molar-refractivity contribution in [3.05, 3.63) is 52.1 Å². The summed E-state index contributed by atoms with van der Waals surface area (Å²) in [7, 11) is 0. The van der Waals surface area contributed by atoms with E-state index in [1.54, 1.807) is 0 Å². The summed E-state index contributed by atoms with van der Waals surface area (Å²) in [4.78, 5) is 13.6. The lowest BCUT2D eigenvalue weighted by molar-refractivity contribution is -0.384. The van der Waals surface area contributed by atoms with Gasteiger partial charge >= 0.3 is 0 Å². The predicted molar refractivity (Wildman–Crippen MR) is 61.7 cm³/mol. The van der Waals surface area contributed by atoms with Gasteiger partial charge in [0.1, 0.15) is 23.2 Å². The number of aromatic nitrogens is 1. The third kappa shape index (κ3) is 3.12. The molecule has 0 aliphatic carbocycles. The maximum atomic E-state index is 12.9. The lowest BCUT2D eigenvalue weighted by Crippen LogP contribution is -1.97. The van der Waals surface area contributed by atoms with E-state index >= 15 is 0 Å². The number of nitro groups is 1. The van der Waals surface area contributed by atoms with Crippen LogP contribution in [0.2, 0.25) is 0 Å². The van der Waals surface area contributed by atoms with Crippen molar-refractivity contribution in [3.8, 4) is 11.6 Å². The maximum Gasteiger partial charge on any atom is 0.278 e. The molecule has 1 aromatic carbocycles. The van der Waals surface area contributed by atoms with Crippen LogP contribution in [0.3, 0.4) is 0 Å². The van der Waals surface area contributed by atoms with E-state index in [-0.39, 0.29) is 23.1 Å². The molecule has 2 aromatic rings. The van der Waals surface area contributed by atoms with E-state index in [1.807, 2.05) is 0 Å². The van der Waals surface area contributed by atoms with E-state index < -0.39 is 16.6 Å². The van der Waals surface area contributed by atoms with Gasteiger partial charge in [-0.3, -0.25) is 10.1 Å². The van der Waals surface area contributed by atoms with Gasteiger partial charge < -0.3 is 10.5 Å². The summed E-state index contributed by atoms with van der Waals surface area (Å²) in [5.41, 5.74) is 5.03. The van der Waals surface area contributed by atoms with Gasteiger partial charge in [0, 0.05) is 18.2 Å². The Labute approximate surface area is 105 Å². The van der Waals surface area contributed by atoms with Gasteiger partial charge in [0.05, 0.1) is 17.1 Å². The third-order valence-corrected chi connectivity index (χ3v) is 2.08. The number of hydrogen-bond donors (Lipinski definition) is 1. The molecule has 0 fully saturated rings. The van der Waals surface area contributed by atoms with Crippen molar-refractivity contribution in [1.82, 2.24) is 4.98 Å². The number of benzene rings is 1. The fourth-order valence-corrected chi connectivity index (χ4v) is 1.38. The molecule has 0 aliphatic heterocycles. The number of hydrogen-bond acceptors (Lipinski definition) is 5. The minimum absolute atomic E-state index is 0.138. The van der Waals surface area contributed by atoms with E-state index in [2.05, 4.69) is 4.98 Å². The molecule has 8 heteroatoms. The maximum absolute atomic E-state index is 12.9. The number of nitrogen functional groups attached to an aromatic ring is 1. The SMILES string of the molecule is Nc1cc([N+](=O)[O-])cc(Oc2cc(F)cc(F)c2)n1. The van der Waals surface area contributed by atoms with Crippen molar-refractivity contribution in [2.24, 2.45) is 0 Å². The predicted octanol–water partition coefficient (Wildman–Crippen LogP) is 2.64. The summed E-state index contributed by atoms with van der Waals surface area (Å²) in [6.07, 6.45) is 0. The van der Waals surface area contributed by atoms with Gasteiger partial charge in [-0.05, 0) is 0 Å². The molecule has 0 saturated carbocycles. The number of anilines is 1. The average Bonchev–Trinajstić information content (AvgIpc) is 2.26. The molecule has 0 spiro atoms. The molecule has 1 heterocycles. The van der Waals surface area contributed by atoms with Crippen molar-refractivity contribution in [3.63, 3.8) is 0 Å². The van der Waals surface area contributed by atoms with E-state index in [0.717, 1.165) is 24.3 Å². The standard InChI is InChI=1S/C11H7F2N3O3/c12-6-1-7(13)3-9(2-6)19-11-5-8(16(17)18)4-10(14)15-11/h1-5H,(H2,14,15). The summed E-state index contributed by atoms with van der Waals surface area (Å²) >= 11 is 0. The van der Waals surface area contributed by atoms with Gasteiger partial charge in [0.25, 0.3) is 5.69 Å². The largest absolute Gasteiger partial charge is 0.438 e. The van der Waals surface area contributed by atoms with Crippen LogP contribution in [0.4, 0.5) is 20.3 Å². The summed E-state index contributed by atoms with van der Waals surface area (Å²) < 4.78 is 30.9. The van der Waals surface area contributed by atoms with Crippen molar-refractivity contribution >= 4 is 11.5 Å². The normalized spacial score (nSPS) is 10.2. The molecule has 0 unspecified atom stereocenters. The van der Waals surface area contributed by atoms with Gasteiger partial charge in [-0.15, -0.1) is 0 Å². The highest BCUT2D eigenvalue weighted by Gasteiger charge is 2.12. The van der Waals surface area contributed by atoms with Crippen LogP contribution >= 0.6 is 0 Å². The van der Waals surface area contributed by atoms with Crippen LogP contribution in [-0.4, -0.2) is 9.91 Å². The van der Waals surface area contributed by atoms with Gasteiger partial charge in [-0.2, -0.15) is 4.98 Å². The van der Waals surface area contributed by atoms with Crippen LogP contribution < -0.4 is 10.5 Å². The lowest BCUT2D eigenvalue weighted by Gasteiger charge is -2.05. The first-order valence-corrected chi connectivity index (χ1v) is 5.00.